The molecule has 0 radical (unpaired) electrons. The lowest BCUT2D eigenvalue weighted by Crippen LogP contribution is -2.30. The Balaban J connectivity index is 1.93. The van der Waals surface area contributed by atoms with Crippen molar-refractivity contribution in [2.75, 3.05) is 6.54 Å². The number of carbonyl (C=O) groups is 1. The van der Waals surface area contributed by atoms with E-state index in [0.717, 1.165) is 28.0 Å². The molecule has 0 bridgehead atoms. The van der Waals surface area contributed by atoms with Gasteiger partial charge in [-0.2, -0.15) is 0 Å². The molecule has 0 spiro atoms. The fourth-order valence-corrected chi connectivity index (χ4v) is 4.09. The number of Topliss-reactive ketones (excluding diaryl/α,β-unsaturated/α-hetero) is 1. The normalized spacial score (nSPS) is 14.2. The van der Waals surface area contributed by atoms with E-state index >= 15 is 0 Å². The highest BCUT2D eigenvalue weighted by atomic mass is 16.5. The van der Waals surface area contributed by atoms with Gasteiger partial charge in [0.25, 0.3) is 0 Å². The summed E-state index contributed by atoms with van der Waals surface area (Å²) < 4.78 is 5.93. The fourth-order valence-electron chi connectivity index (χ4n) is 4.09. The Hall–Kier alpha value is -2.82. The summed E-state index contributed by atoms with van der Waals surface area (Å²) in [6.45, 7) is 16.7. The van der Waals surface area contributed by atoms with Gasteiger partial charge < -0.3 is 14.7 Å². The number of phenols is 1. The van der Waals surface area contributed by atoms with Crippen LogP contribution in [-0.2, 0) is 17.4 Å². The molecule has 3 rings (SSSR count). The minimum atomic E-state index is -0.306. The second-order valence-corrected chi connectivity index (χ2v) is 11.0. The lowest BCUT2D eigenvalue weighted by Gasteiger charge is -2.28. The van der Waals surface area contributed by atoms with Crippen LogP contribution < -0.4 is 4.74 Å². The van der Waals surface area contributed by atoms with Crippen molar-refractivity contribution < 1.29 is 14.6 Å². The average molecular weight is 437 g/mol. The monoisotopic (exact) mass is 436 g/mol. The predicted octanol–water partition coefficient (Wildman–Crippen LogP) is 5.80. The maximum absolute atomic E-state index is 13.4. The zero-order chi connectivity index (χ0) is 24.0. The number of fused-ring (bicyclic) bond motifs is 1. The third kappa shape index (κ3) is 4.67. The van der Waals surface area contributed by atoms with Gasteiger partial charge in [-0.15, -0.1) is 0 Å². The highest BCUT2D eigenvalue weighted by Crippen LogP contribution is 2.40. The van der Waals surface area contributed by atoms with Crippen molar-refractivity contribution in [3.63, 3.8) is 0 Å². The molecule has 0 saturated heterocycles. The molecule has 0 atom stereocenters. The summed E-state index contributed by atoms with van der Waals surface area (Å²) in [5.41, 5.74) is 3.25. The number of nitrogens with one attached hydrogen (secondary N) is 1. The summed E-state index contributed by atoms with van der Waals surface area (Å²) in [6, 6.07) is 9.34. The molecule has 0 aromatic heterocycles. The summed E-state index contributed by atoms with van der Waals surface area (Å²) in [5.74, 6) is 1.31. The van der Waals surface area contributed by atoms with Crippen molar-refractivity contribution in [2.24, 2.45) is 0 Å². The van der Waals surface area contributed by atoms with E-state index in [1.54, 1.807) is 4.90 Å². The van der Waals surface area contributed by atoms with Crippen molar-refractivity contribution >= 4 is 11.6 Å². The summed E-state index contributed by atoms with van der Waals surface area (Å²) in [7, 11) is 0. The van der Waals surface area contributed by atoms with Crippen LogP contribution in [0.25, 0.3) is 0 Å². The summed E-state index contributed by atoms with van der Waals surface area (Å²) >= 11 is 0. The number of phenolic OH excluding ortho intramolecular Hbond substituents is 1. The van der Waals surface area contributed by atoms with Crippen LogP contribution in [0.2, 0.25) is 0 Å². The van der Waals surface area contributed by atoms with Crippen LogP contribution >= 0.6 is 0 Å². The summed E-state index contributed by atoms with van der Waals surface area (Å²) in [4.78, 5) is 15.2. The van der Waals surface area contributed by atoms with Gasteiger partial charge in [0.05, 0.1) is 12.6 Å². The second kappa shape index (κ2) is 8.27. The van der Waals surface area contributed by atoms with Crippen molar-refractivity contribution in [2.45, 2.75) is 78.9 Å². The number of hydrogen-bond donors (Lipinski definition) is 2. The molecule has 1 heterocycles. The summed E-state index contributed by atoms with van der Waals surface area (Å²) in [5, 5.41) is 19.6. The molecule has 1 aliphatic rings. The van der Waals surface area contributed by atoms with E-state index in [0.29, 0.717) is 17.9 Å². The number of hydrogen-bond acceptors (Lipinski definition) is 4. The quantitative estimate of drug-likeness (QED) is 0.581. The zero-order valence-electron chi connectivity index (χ0n) is 20.6. The summed E-state index contributed by atoms with van der Waals surface area (Å²) in [6.07, 6.45) is 0.0370. The number of nitrogens with zero attached hydrogens (tertiary/aromatic N) is 1. The van der Waals surface area contributed by atoms with Crippen molar-refractivity contribution in [3.05, 3.63) is 58.1 Å². The second-order valence-electron chi connectivity index (χ2n) is 11.0. The molecule has 5 heteroatoms. The lowest BCUT2D eigenvalue weighted by molar-refractivity contribution is 0.0961. The number of benzene rings is 2. The molecule has 0 amide bonds. The maximum atomic E-state index is 13.4. The van der Waals surface area contributed by atoms with Crippen LogP contribution in [0, 0.1) is 5.41 Å². The molecule has 5 nitrogen and oxygen atoms in total. The number of rotatable bonds is 5. The Morgan fingerprint density at radius 2 is 1.66 bits per heavy atom. The van der Waals surface area contributed by atoms with Gasteiger partial charge in [-0.3, -0.25) is 10.2 Å². The first kappa shape index (κ1) is 23.8. The van der Waals surface area contributed by atoms with Gasteiger partial charge in [0, 0.05) is 34.4 Å². The highest BCUT2D eigenvalue weighted by molar-refractivity contribution is 6.05. The molecule has 2 N–H and O–H groups in total. The van der Waals surface area contributed by atoms with E-state index in [9.17, 15) is 9.90 Å². The average Bonchev–Trinajstić information content (AvgIpc) is 2.96. The Morgan fingerprint density at radius 1 is 1.09 bits per heavy atom. The van der Waals surface area contributed by atoms with E-state index in [2.05, 4.69) is 0 Å². The zero-order valence-corrected chi connectivity index (χ0v) is 20.6. The van der Waals surface area contributed by atoms with Gasteiger partial charge in [-0.1, -0.05) is 53.7 Å². The van der Waals surface area contributed by atoms with E-state index < -0.39 is 0 Å². The topological polar surface area (TPSA) is 73.6 Å². The Morgan fingerprint density at radius 3 is 2.16 bits per heavy atom. The minimum absolute atomic E-state index is 0.0370. The van der Waals surface area contributed by atoms with Crippen molar-refractivity contribution in [1.29, 1.82) is 5.41 Å². The van der Waals surface area contributed by atoms with Crippen molar-refractivity contribution in [3.8, 4) is 11.5 Å². The molecular formula is C27H36N2O3. The first-order valence-electron chi connectivity index (χ1n) is 11.2. The lowest BCUT2D eigenvalue weighted by atomic mass is 9.78. The maximum Gasteiger partial charge on any atom is 0.182 e. The van der Waals surface area contributed by atoms with Crippen LogP contribution in [0.1, 0.15) is 88.0 Å². The largest absolute Gasteiger partial charge is 0.507 e. The first-order valence-corrected chi connectivity index (χ1v) is 11.2. The molecule has 0 saturated carbocycles. The number of ketones is 1. The third-order valence-corrected chi connectivity index (χ3v) is 5.80. The molecule has 0 aliphatic carbocycles. The number of ether oxygens (including phenoxy) is 1. The standard InChI is InChI=1S/C27H36N2O3/c1-16(2)32-23-11-9-10-18-19(23)14-29(25(18)28)15-22(30)17-12-20(26(3,4)5)24(31)21(13-17)27(6,7)8/h9-13,16,28,31H,14-15H2,1-8H3. The Labute approximate surface area is 191 Å². The van der Waals surface area contributed by atoms with Gasteiger partial charge in [-0.05, 0) is 42.9 Å². The first-order chi connectivity index (χ1) is 14.7. The molecule has 1 aliphatic heterocycles. The number of amidine groups is 1. The Bertz CT molecular complexity index is 1020. The number of aromatic hydroxyl groups is 1. The van der Waals surface area contributed by atoms with Gasteiger partial charge in [-0.25, -0.2) is 0 Å². The van der Waals surface area contributed by atoms with Crippen LogP contribution in [0.5, 0.6) is 11.5 Å². The van der Waals surface area contributed by atoms with Gasteiger partial charge >= 0.3 is 0 Å². The van der Waals surface area contributed by atoms with E-state index in [1.165, 1.54) is 0 Å². The Kier molecular flexibility index (Phi) is 6.16. The predicted molar refractivity (Wildman–Crippen MR) is 129 cm³/mol. The molecule has 2 aromatic rings. The van der Waals surface area contributed by atoms with Gasteiger partial charge in [0.15, 0.2) is 5.78 Å². The van der Waals surface area contributed by atoms with Crippen molar-refractivity contribution in [1.82, 2.24) is 4.90 Å². The minimum Gasteiger partial charge on any atom is -0.507 e. The molecule has 0 unspecified atom stereocenters. The van der Waals surface area contributed by atoms with E-state index in [1.807, 2.05) is 85.7 Å². The van der Waals surface area contributed by atoms with Gasteiger partial charge in [0.1, 0.15) is 17.3 Å². The highest BCUT2D eigenvalue weighted by Gasteiger charge is 2.31. The van der Waals surface area contributed by atoms with Crippen LogP contribution in [0.4, 0.5) is 0 Å². The van der Waals surface area contributed by atoms with Gasteiger partial charge in [0.2, 0.25) is 0 Å². The van der Waals surface area contributed by atoms with E-state index in [4.69, 9.17) is 10.1 Å². The third-order valence-electron chi connectivity index (χ3n) is 5.80. The SMILES string of the molecule is CC(C)Oc1cccc2c1CN(CC(=O)c1cc(C(C)(C)C)c(O)c(C(C)(C)C)c1)C2=N. The van der Waals surface area contributed by atoms with Crippen LogP contribution in [0.3, 0.4) is 0 Å². The van der Waals surface area contributed by atoms with Crippen LogP contribution in [0.15, 0.2) is 30.3 Å². The molecule has 32 heavy (non-hydrogen) atoms. The molecule has 2 aromatic carbocycles. The fraction of sp³-hybridized carbons (Fsp3) is 0.481. The smallest absolute Gasteiger partial charge is 0.182 e. The molecular weight excluding hydrogens is 400 g/mol. The molecule has 0 fully saturated rings. The number of carbonyl (C=O) groups excluding carboxylic acids is 1. The van der Waals surface area contributed by atoms with Crippen LogP contribution in [-0.4, -0.2) is 34.3 Å². The molecule has 172 valence electrons. The van der Waals surface area contributed by atoms with E-state index in [-0.39, 0.29) is 35.0 Å².